The average molecular weight is 285 g/mol. The Morgan fingerprint density at radius 2 is 2.32 bits per heavy atom. The number of anilines is 1. The highest BCUT2D eigenvalue weighted by Crippen LogP contribution is 2.25. The molecule has 1 N–H and O–H groups in total. The van der Waals surface area contributed by atoms with Crippen molar-refractivity contribution in [1.82, 2.24) is 9.29 Å². The van der Waals surface area contributed by atoms with Gasteiger partial charge in [-0.3, -0.25) is 0 Å². The van der Waals surface area contributed by atoms with Gasteiger partial charge in [-0.25, -0.2) is 13.4 Å². The molecule has 6 nitrogen and oxygen atoms in total. The van der Waals surface area contributed by atoms with Gasteiger partial charge in [-0.2, -0.15) is 4.31 Å². The summed E-state index contributed by atoms with van der Waals surface area (Å²) >= 11 is 0. The van der Waals surface area contributed by atoms with E-state index in [0.717, 1.165) is 12.8 Å². The molecule has 7 heteroatoms. The largest absolute Gasteiger partial charge is 0.380 e. The number of hydrogen-bond donors (Lipinski definition) is 1. The molecule has 0 amide bonds. The summed E-state index contributed by atoms with van der Waals surface area (Å²) in [5, 5.41) is 2.82. The van der Waals surface area contributed by atoms with Crippen LogP contribution in [0.1, 0.15) is 12.8 Å². The molecule has 1 fully saturated rings. The Bertz CT molecular complexity index is 533. The van der Waals surface area contributed by atoms with Crippen molar-refractivity contribution in [2.45, 2.75) is 23.8 Å². The molecular weight excluding hydrogens is 266 g/mol. The van der Waals surface area contributed by atoms with Crippen LogP contribution in [0.5, 0.6) is 0 Å². The van der Waals surface area contributed by atoms with Gasteiger partial charge in [0.1, 0.15) is 10.7 Å². The van der Waals surface area contributed by atoms with Gasteiger partial charge < -0.3 is 10.1 Å². The zero-order valence-electron chi connectivity index (χ0n) is 11.2. The molecule has 1 atom stereocenters. The number of hydrogen-bond acceptors (Lipinski definition) is 5. The summed E-state index contributed by atoms with van der Waals surface area (Å²) in [6.45, 7) is 0.928. The van der Waals surface area contributed by atoms with Crippen molar-refractivity contribution in [1.29, 1.82) is 0 Å². The first kappa shape index (κ1) is 14.2. The summed E-state index contributed by atoms with van der Waals surface area (Å²) in [5.41, 5.74) is 0. The Labute approximate surface area is 113 Å². The van der Waals surface area contributed by atoms with Crippen LogP contribution in [-0.2, 0) is 14.8 Å². The third kappa shape index (κ3) is 2.88. The second-order valence-electron chi connectivity index (χ2n) is 4.46. The molecule has 0 bridgehead atoms. The number of methoxy groups -OCH3 is 1. The van der Waals surface area contributed by atoms with E-state index in [1.165, 1.54) is 4.31 Å². The third-order valence-corrected chi connectivity index (χ3v) is 5.20. The van der Waals surface area contributed by atoms with Gasteiger partial charge in [0.2, 0.25) is 10.0 Å². The van der Waals surface area contributed by atoms with Gasteiger partial charge in [0.05, 0.1) is 6.10 Å². The number of nitrogens with zero attached hydrogens (tertiary/aromatic N) is 2. The highest BCUT2D eigenvalue weighted by molar-refractivity contribution is 7.89. The Kier molecular flexibility index (Phi) is 4.38. The lowest BCUT2D eigenvalue weighted by Gasteiger charge is -2.31. The molecule has 2 rings (SSSR count). The van der Waals surface area contributed by atoms with Crippen molar-refractivity contribution in [3.05, 3.63) is 18.3 Å². The first-order chi connectivity index (χ1) is 9.09. The zero-order valence-corrected chi connectivity index (χ0v) is 12.0. The zero-order chi connectivity index (χ0) is 13.9. The van der Waals surface area contributed by atoms with E-state index in [-0.39, 0.29) is 11.0 Å². The molecule has 1 aromatic heterocycles. The van der Waals surface area contributed by atoms with Crippen LogP contribution in [0.25, 0.3) is 0 Å². The molecule has 0 aliphatic carbocycles. The Balaban J connectivity index is 2.31. The van der Waals surface area contributed by atoms with Crippen LogP contribution in [0.2, 0.25) is 0 Å². The van der Waals surface area contributed by atoms with Crippen LogP contribution in [0.15, 0.2) is 23.2 Å². The molecule has 0 saturated carbocycles. The second kappa shape index (κ2) is 5.85. The Morgan fingerprint density at radius 1 is 1.53 bits per heavy atom. The second-order valence-corrected chi connectivity index (χ2v) is 6.37. The molecule has 1 unspecified atom stereocenters. The first-order valence-electron chi connectivity index (χ1n) is 6.25. The number of pyridine rings is 1. The predicted molar refractivity (Wildman–Crippen MR) is 72.6 cm³/mol. The summed E-state index contributed by atoms with van der Waals surface area (Å²) in [5.74, 6) is 0.377. The number of rotatable bonds is 4. The predicted octanol–water partition coefficient (Wildman–Crippen LogP) is 0.923. The summed E-state index contributed by atoms with van der Waals surface area (Å²) in [6, 6.07) is 3.20. The summed E-state index contributed by atoms with van der Waals surface area (Å²) in [4.78, 5) is 4.27. The number of nitrogens with one attached hydrogen (secondary N) is 1. The Hall–Kier alpha value is -1.18. The minimum Gasteiger partial charge on any atom is -0.380 e. The standard InChI is InChI=1S/C12H19N3O3S/c1-13-12-11(6-3-7-14-12)19(16,17)15-8-4-5-10(9-15)18-2/h3,6-7,10H,4-5,8-9H2,1-2H3,(H,13,14). The molecular formula is C12H19N3O3S. The van der Waals surface area contributed by atoms with E-state index in [2.05, 4.69) is 10.3 Å². The fraction of sp³-hybridized carbons (Fsp3) is 0.583. The van der Waals surface area contributed by atoms with Crippen LogP contribution in [-0.4, -0.2) is 51.1 Å². The van der Waals surface area contributed by atoms with E-state index in [9.17, 15) is 8.42 Å². The quantitative estimate of drug-likeness (QED) is 0.891. The van der Waals surface area contributed by atoms with Crippen LogP contribution < -0.4 is 5.32 Å². The van der Waals surface area contributed by atoms with Gasteiger partial charge in [0.25, 0.3) is 0 Å². The van der Waals surface area contributed by atoms with Crippen molar-refractivity contribution >= 4 is 15.8 Å². The number of piperidine rings is 1. The molecule has 19 heavy (non-hydrogen) atoms. The van der Waals surface area contributed by atoms with E-state index in [4.69, 9.17) is 4.74 Å². The van der Waals surface area contributed by atoms with E-state index >= 15 is 0 Å². The highest BCUT2D eigenvalue weighted by atomic mass is 32.2. The smallest absolute Gasteiger partial charge is 0.246 e. The fourth-order valence-corrected chi connectivity index (χ4v) is 3.90. The normalized spacial score (nSPS) is 21.3. The maximum atomic E-state index is 12.6. The minimum absolute atomic E-state index is 0.0294. The van der Waals surface area contributed by atoms with Gasteiger partial charge in [0.15, 0.2) is 0 Å². The molecule has 0 radical (unpaired) electrons. The lowest BCUT2D eigenvalue weighted by molar-refractivity contribution is 0.0572. The van der Waals surface area contributed by atoms with Crippen molar-refractivity contribution < 1.29 is 13.2 Å². The van der Waals surface area contributed by atoms with E-state index < -0.39 is 10.0 Å². The summed E-state index contributed by atoms with van der Waals surface area (Å²) < 4.78 is 32.0. The van der Waals surface area contributed by atoms with E-state index in [1.807, 2.05) is 0 Å². The molecule has 1 aliphatic heterocycles. The minimum atomic E-state index is -3.52. The molecule has 1 saturated heterocycles. The van der Waals surface area contributed by atoms with Crippen LogP contribution in [0.4, 0.5) is 5.82 Å². The van der Waals surface area contributed by atoms with E-state index in [1.54, 1.807) is 32.5 Å². The van der Waals surface area contributed by atoms with Crippen molar-refractivity contribution in [3.8, 4) is 0 Å². The molecule has 2 heterocycles. The summed E-state index contributed by atoms with van der Waals surface area (Å²) in [6.07, 6.45) is 3.25. The van der Waals surface area contributed by atoms with Gasteiger partial charge >= 0.3 is 0 Å². The van der Waals surface area contributed by atoms with Crippen LogP contribution in [0, 0.1) is 0 Å². The third-order valence-electron chi connectivity index (χ3n) is 3.30. The lowest BCUT2D eigenvalue weighted by Crippen LogP contribution is -2.43. The SMILES string of the molecule is CNc1ncccc1S(=O)(=O)N1CCCC(OC)C1. The molecule has 0 aromatic carbocycles. The molecule has 0 spiro atoms. The van der Waals surface area contributed by atoms with Crippen molar-refractivity contribution in [3.63, 3.8) is 0 Å². The van der Waals surface area contributed by atoms with Crippen molar-refractivity contribution in [2.24, 2.45) is 0 Å². The topological polar surface area (TPSA) is 71.5 Å². The Morgan fingerprint density at radius 3 is 3.00 bits per heavy atom. The average Bonchev–Trinajstić information content (AvgIpc) is 2.47. The van der Waals surface area contributed by atoms with Crippen LogP contribution >= 0.6 is 0 Å². The maximum Gasteiger partial charge on any atom is 0.246 e. The van der Waals surface area contributed by atoms with E-state index in [0.29, 0.717) is 18.9 Å². The number of aromatic nitrogens is 1. The summed E-state index contributed by atoms with van der Waals surface area (Å²) in [7, 11) is -0.242. The number of sulfonamides is 1. The molecule has 1 aliphatic rings. The first-order valence-corrected chi connectivity index (χ1v) is 7.69. The van der Waals surface area contributed by atoms with Crippen LogP contribution in [0.3, 0.4) is 0 Å². The van der Waals surface area contributed by atoms with Gasteiger partial charge in [-0.15, -0.1) is 0 Å². The highest BCUT2D eigenvalue weighted by Gasteiger charge is 2.31. The van der Waals surface area contributed by atoms with Gasteiger partial charge in [-0.1, -0.05) is 0 Å². The number of ether oxygens (including phenoxy) is 1. The molecule has 1 aromatic rings. The lowest BCUT2D eigenvalue weighted by atomic mass is 10.1. The van der Waals surface area contributed by atoms with Gasteiger partial charge in [-0.05, 0) is 25.0 Å². The molecule has 106 valence electrons. The van der Waals surface area contributed by atoms with Gasteiger partial charge in [0, 0.05) is 33.4 Å². The fourth-order valence-electron chi connectivity index (χ4n) is 2.24. The maximum absolute atomic E-state index is 12.6. The van der Waals surface area contributed by atoms with Crippen molar-refractivity contribution in [2.75, 3.05) is 32.6 Å². The monoisotopic (exact) mass is 285 g/mol.